The van der Waals surface area contributed by atoms with E-state index in [0.717, 1.165) is 32.5 Å². The number of hydrogen-bond donors (Lipinski definition) is 0. The number of piperidine rings is 1. The minimum Gasteiger partial charge on any atom is -0.378 e. The summed E-state index contributed by atoms with van der Waals surface area (Å²) in [6, 6.07) is 1.72. The Bertz CT molecular complexity index is 451. The average molecular weight is 261 g/mol. The fraction of sp³-hybridized carbons (Fsp3) is 0.643. The number of hydrogen-bond acceptors (Lipinski definition) is 4. The maximum absolute atomic E-state index is 12.3. The van der Waals surface area contributed by atoms with Gasteiger partial charge in [-0.3, -0.25) is 4.79 Å². The number of ether oxygens (including phenoxy) is 1. The van der Waals surface area contributed by atoms with Crippen molar-refractivity contribution < 1.29 is 9.53 Å². The summed E-state index contributed by atoms with van der Waals surface area (Å²) in [5.41, 5.74) is 0. The first kappa shape index (κ1) is 12.5. The van der Waals surface area contributed by atoms with E-state index in [0.29, 0.717) is 23.8 Å². The number of rotatable bonds is 2. The summed E-state index contributed by atoms with van der Waals surface area (Å²) in [7, 11) is 0. The molecule has 2 fully saturated rings. The number of carbonyl (C=O) groups is 1. The molecule has 0 spiro atoms. The summed E-state index contributed by atoms with van der Waals surface area (Å²) in [6.45, 7) is 4.52. The summed E-state index contributed by atoms with van der Waals surface area (Å²) in [5, 5.41) is 0. The van der Waals surface area contributed by atoms with Crippen LogP contribution in [0.2, 0.25) is 0 Å². The van der Waals surface area contributed by atoms with Crippen molar-refractivity contribution in [2.45, 2.75) is 25.9 Å². The van der Waals surface area contributed by atoms with Gasteiger partial charge in [-0.15, -0.1) is 0 Å². The van der Waals surface area contributed by atoms with Crippen LogP contribution in [0.25, 0.3) is 0 Å². The van der Waals surface area contributed by atoms with Crippen LogP contribution in [0.1, 0.15) is 30.4 Å². The van der Waals surface area contributed by atoms with Gasteiger partial charge in [-0.2, -0.15) is 0 Å². The minimum atomic E-state index is -0.0565. The Balaban J connectivity index is 1.68. The molecule has 5 heteroatoms. The number of likely N-dealkylation sites (tertiary alicyclic amines) is 1. The Kier molecular flexibility index (Phi) is 3.46. The molecule has 0 aromatic carbocycles. The van der Waals surface area contributed by atoms with Crippen molar-refractivity contribution in [3.8, 4) is 0 Å². The van der Waals surface area contributed by atoms with E-state index in [1.807, 2.05) is 4.90 Å². The largest absolute Gasteiger partial charge is 0.378 e. The second-order valence-corrected chi connectivity index (χ2v) is 5.32. The van der Waals surface area contributed by atoms with Crippen LogP contribution in [0, 0.1) is 11.8 Å². The molecule has 1 amide bonds. The van der Waals surface area contributed by atoms with Crippen LogP contribution in [0.5, 0.6) is 0 Å². The van der Waals surface area contributed by atoms with Gasteiger partial charge in [0.05, 0.1) is 12.7 Å². The summed E-state index contributed by atoms with van der Waals surface area (Å²) >= 11 is 0. The van der Waals surface area contributed by atoms with Gasteiger partial charge in [0, 0.05) is 31.4 Å². The summed E-state index contributed by atoms with van der Waals surface area (Å²) in [4.78, 5) is 22.2. The Morgan fingerprint density at radius 1 is 1.47 bits per heavy atom. The molecule has 102 valence electrons. The van der Waals surface area contributed by atoms with Gasteiger partial charge >= 0.3 is 0 Å². The third-order valence-corrected chi connectivity index (χ3v) is 4.24. The zero-order valence-corrected chi connectivity index (χ0v) is 11.2. The topological polar surface area (TPSA) is 55.3 Å². The zero-order chi connectivity index (χ0) is 13.2. The monoisotopic (exact) mass is 261 g/mol. The lowest BCUT2D eigenvalue weighted by Gasteiger charge is -2.35. The van der Waals surface area contributed by atoms with Crippen molar-refractivity contribution in [2.75, 3.05) is 19.7 Å². The molecule has 1 aromatic heterocycles. The molecule has 0 unspecified atom stereocenters. The molecule has 5 nitrogen and oxygen atoms in total. The molecule has 0 N–H and O–H groups in total. The van der Waals surface area contributed by atoms with Gasteiger partial charge in [0.15, 0.2) is 0 Å². The Morgan fingerprint density at radius 2 is 2.26 bits per heavy atom. The van der Waals surface area contributed by atoms with Crippen molar-refractivity contribution in [1.29, 1.82) is 0 Å². The third-order valence-electron chi connectivity index (χ3n) is 4.24. The van der Waals surface area contributed by atoms with E-state index >= 15 is 0 Å². The summed E-state index contributed by atoms with van der Waals surface area (Å²) in [5.74, 6) is 1.34. The van der Waals surface area contributed by atoms with Gasteiger partial charge in [0.1, 0.15) is 0 Å². The molecule has 3 rings (SSSR count). The van der Waals surface area contributed by atoms with Crippen molar-refractivity contribution in [2.24, 2.45) is 11.8 Å². The van der Waals surface area contributed by atoms with E-state index in [9.17, 15) is 4.79 Å². The number of nitrogens with zero attached hydrogens (tertiary/aromatic N) is 3. The SMILES string of the molecule is CC[C@@H]1OC[C@H]2CN(C(=O)c3ncccn3)CC[C@H]21. The van der Waals surface area contributed by atoms with Crippen LogP contribution in [-0.4, -0.2) is 46.6 Å². The second-order valence-electron chi connectivity index (χ2n) is 5.32. The number of amides is 1. The number of fused-ring (bicyclic) bond motifs is 1. The molecule has 3 atom stereocenters. The quantitative estimate of drug-likeness (QED) is 0.806. The molecule has 1 aromatic rings. The predicted octanol–water partition coefficient (Wildman–Crippen LogP) is 1.36. The van der Waals surface area contributed by atoms with E-state index in [1.165, 1.54) is 0 Å². The molecule has 0 aliphatic carbocycles. The molecule has 19 heavy (non-hydrogen) atoms. The molecule has 2 saturated heterocycles. The fourth-order valence-electron chi connectivity index (χ4n) is 3.24. The van der Waals surface area contributed by atoms with Crippen LogP contribution in [0.15, 0.2) is 18.5 Å². The maximum atomic E-state index is 12.3. The van der Waals surface area contributed by atoms with Crippen molar-refractivity contribution in [3.05, 3.63) is 24.3 Å². The third kappa shape index (κ3) is 2.34. The molecule has 3 heterocycles. The number of aromatic nitrogens is 2. The first-order valence-corrected chi connectivity index (χ1v) is 6.97. The lowest BCUT2D eigenvalue weighted by molar-refractivity contribution is 0.0596. The summed E-state index contributed by atoms with van der Waals surface area (Å²) in [6.07, 6.45) is 5.70. The standard InChI is InChI=1S/C14H19N3O2/c1-2-12-11-4-7-17(8-10(11)9-19-12)14(18)13-15-5-3-6-16-13/h3,5-6,10-12H,2,4,7-9H2,1H3/t10-,11-,12+/m1/s1. The highest BCUT2D eigenvalue weighted by Crippen LogP contribution is 2.35. The van der Waals surface area contributed by atoms with Gasteiger partial charge < -0.3 is 9.64 Å². The van der Waals surface area contributed by atoms with Gasteiger partial charge in [-0.1, -0.05) is 6.92 Å². The van der Waals surface area contributed by atoms with E-state index < -0.39 is 0 Å². The molecule has 0 bridgehead atoms. The molecular weight excluding hydrogens is 242 g/mol. The smallest absolute Gasteiger partial charge is 0.291 e. The van der Waals surface area contributed by atoms with Crippen LogP contribution < -0.4 is 0 Å². The Labute approximate surface area is 113 Å². The van der Waals surface area contributed by atoms with Crippen molar-refractivity contribution in [1.82, 2.24) is 14.9 Å². The second kappa shape index (κ2) is 5.25. The highest BCUT2D eigenvalue weighted by Gasteiger charge is 2.41. The highest BCUT2D eigenvalue weighted by atomic mass is 16.5. The Hall–Kier alpha value is -1.49. The Morgan fingerprint density at radius 3 is 3.00 bits per heavy atom. The van der Waals surface area contributed by atoms with E-state index in [1.54, 1.807) is 18.5 Å². The number of carbonyl (C=O) groups excluding carboxylic acids is 1. The van der Waals surface area contributed by atoms with E-state index in [2.05, 4.69) is 16.9 Å². The van der Waals surface area contributed by atoms with Crippen LogP contribution in [0.4, 0.5) is 0 Å². The van der Waals surface area contributed by atoms with Crippen LogP contribution >= 0.6 is 0 Å². The molecule has 2 aliphatic rings. The van der Waals surface area contributed by atoms with Crippen LogP contribution in [0.3, 0.4) is 0 Å². The lowest BCUT2D eigenvalue weighted by Crippen LogP contribution is -2.45. The van der Waals surface area contributed by atoms with Crippen LogP contribution in [-0.2, 0) is 4.74 Å². The highest BCUT2D eigenvalue weighted by molar-refractivity contribution is 5.90. The molecular formula is C14H19N3O2. The molecule has 0 saturated carbocycles. The van der Waals surface area contributed by atoms with Crippen molar-refractivity contribution >= 4 is 5.91 Å². The maximum Gasteiger partial charge on any atom is 0.291 e. The van der Waals surface area contributed by atoms with Gasteiger partial charge in [-0.25, -0.2) is 9.97 Å². The van der Waals surface area contributed by atoms with E-state index in [-0.39, 0.29) is 5.91 Å². The normalized spacial score (nSPS) is 30.2. The van der Waals surface area contributed by atoms with Crippen molar-refractivity contribution in [3.63, 3.8) is 0 Å². The molecule has 2 aliphatic heterocycles. The van der Waals surface area contributed by atoms with Gasteiger partial charge in [0.25, 0.3) is 5.91 Å². The van der Waals surface area contributed by atoms with E-state index in [4.69, 9.17) is 4.74 Å². The first-order chi connectivity index (χ1) is 9.29. The first-order valence-electron chi connectivity index (χ1n) is 6.97. The fourth-order valence-corrected chi connectivity index (χ4v) is 3.24. The molecule has 0 radical (unpaired) electrons. The lowest BCUT2D eigenvalue weighted by atomic mass is 9.83. The zero-order valence-electron chi connectivity index (χ0n) is 11.2. The van der Waals surface area contributed by atoms with Gasteiger partial charge in [-0.05, 0) is 24.8 Å². The summed E-state index contributed by atoms with van der Waals surface area (Å²) < 4.78 is 5.81. The average Bonchev–Trinajstić information content (AvgIpc) is 2.89. The van der Waals surface area contributed by atoms with Gasteiger partial charge in [0.2, 0.25) is 5.82 Å². The predicted molar refractivity (Wildman–Crippen MR) is 69.6 cm³/mol. The minimum absolute atomic E-state index is 0.0565.